The highest BCUT2D eigenvalue weighted by Crippen LogP contribution is 2.31. The zero-order chi connectivity index (χ0) is 20.4. The van der Waals surface area contributed by atoms with Crippen molar-refractivity contribution in [3.8, 4) is 5.75 Å². The maximum Gasteiger partial charge on any atom is 0.344 e. The number of nitrogens with one attached hydrogen (secondary N) is 1. The highest BCUT2D eigenvalue weighted by molar-refractivity contribution is 7.91. The van der Waals surface area contributed by atoms with Gasteiger partial charge in [-0.05, 0) is 25.0 Å². The lowest BCUT2D eigenvalue weighted by Gasteiger charge is -2.32. The molecule has 2 aromatic rings. The van der Waals surface area contributed by atoms with Crippen LogP contribution in [0.25, 0.3) is 0 Å². The van der Waals surface area contributed by atoms with Gasteiger partial charge < -0.3 is 15.4 Å². The van der Waals surface area contributed by atoms with Crippen LogP contribution in [0.3, 0.4) is 0 Å². The minimum Gasteiger partial charge on any atom is -0.492 e. The molecular formula is C18H20N6O4S. The highest BCUT2D eigenvalue weighted by atomic mass is 32.2. The number of rotatable bonds is 4. The molecule has 1 aromatic carbocycles. The Kier molecular flexibility index (Phi) is 5.05. The Morgan fingerprint density at radius 2 is 2.10 bits per heavy atom. The summed E-state index contributed by atoms with van der Waals surface area (Å²) in [5.41, 5.74) is 7.06. The molecule has 0 bridgehead atoms. The predicted octanol–water partition coefficient (Wildman–Crippen LogP) is 0.783. The summed E-state index contributed by atoms with van der Waals surface area (Å²) in [5.74, 6) is 0.370. The minimum absolute atomic E-state index is 0.0989. The van der Waals surface area contributed by atoms with Crippen LogP contribution < -0.4 is 15.2 Å². The number of aromatic nitrogens is 2. The van der Waals surface area contributed by atoms with Crippen LogP contribution in [0.4, 0.5) is 5.69 Å². The number of hydrogen-bond donors (Lipinski definition) is 2. The first-order valence-electron chi connectivity index (χ1n) is 9.11. The first-order valence-corrected chi connectivity index (χ1v) is 10.6. The summed E-state index contributed by atoms with van der Waals surface area (Å²) < 4.78 is 35.2. The van der Waals surface area contributed by atoms with Gasteiger partial charge in [0.2, 0.25) is 0 Å². The molecule has 152 valence electrons. The van der Waals surface area contributed by atoms with Crippen LogP contribution in [-0.2, 0) is 10.2 Å². The minimum atomic E-state index is -3.84. The van der Waals surface area contributed by atoms with Gasteiger partial charge >= 0.3 is 10.2 Å². The number of carbonyl (C=O) groups is 1. The standard InChI is InChI=1S/C18H20N6O4S/c19-17-16-14(22-29(26,27)23-17)4-1-5-15(16)28-10-12-3-2-6-24(9-12)18(25)13-7-20-11-21-8-13/h1,4-5,7-8,11-12,22H,2-3,6,9-10H2,(H2,19,23)/t12-/m0/s1. The van der Waals surface area contributed by atoms with E-state index in [-0.39, 0.29) is 17.7 Å². The molecule has 0 radical (unpaired) electrons. The Hall–Kier alpha value is -3.21. The molecule has 1 amide bonds. The van der Waals surface area contributed by atoms with Crippen molar-refractivity contribution in [2.75, 3.05) is 24.4 Å². The number of likely N-dealkylation sites (tertiary alicyclic amines) is 1. The summed E-state index contributed by atoms with van der Waals surface area (Å²) in [4.78, 5) is 22.2. The van der Waals surface area contributed by atoms with Gasteiger partial charge in [-0.3, -0.25) is 9.52 Å². The molecule has 3 N–H and O–H groups in total. The third kappa shape index (κ3) is 4.14. The monoisotopic (exact) mass is 416 g/mol. The van der Waals surface area contributed by atoms with Crippen LogP contribution in [0, 0.1) is 5.92 Å². The van der Waals surface area contributed by atoms with E-state index in [1.807, 2.05) is 0 Å². The lowest BCUT2D eigenvalue weighted by Crippen LogP contribution is -2.41. The number of piperidine rings is 1. The lowest BCUT2D eigenvalue weighted by atomic mass is 9.98. The number of amides is 1. The van der Waals surface area contributed by atoms with Gasteiger partial charge in [0.25, 0.3) is 5.91 Å². The van der Waals surface area contributed by atoms with Crippen molar-refractivity contribution in [3.63, 3.8) is 0 Å². The Bertz CT molecular complexity index is 1060. The molecule has 2 aliphatic rings. The molecule has 1 atom stereocenters. The average Bonchev–Trinajstić information content (AvgIpc) is 2.71. The lowest BCUT2D eigenvalue weighted by molar-refractivity contribution is 0.0632. The van der Waals surface area contributed by atoms with E-state index in [4.69, 9.17) is 10.5 Å². The zero-order valence-corrected chi connectivity index (χ0v) is 16.3. The van der Waals surface area contributed by atoms with E-state index in [9.17, 15) is 13.2 Å². The SMILES string of the molecule is NC1=NS(=O)(=O)Nc2cccc(OC[C@H]3CCCN(C(=O)c4cncnc4)C3)c21. The molecule has 0 aliphatic carbocycles. The maximum absolute atomic E-state index is 12.6. The molecule has 2 aliphatic heterocycles. The van der Waals surface area contributed by atoms with Crippen LogP contribution in [0.15, 0.2) is 41.3 Å². The first-order chi connectivity index (χ1) is 13.9. The number of carbonyl (C=O) groups excluding carboxylic acids is 1. The second-order valence-corrected chi connectivity index (χ2v) is 8.27. The number of benzene rings is 1. The molecule has 10 nitrogen and oxygen atoms in total. The van der Waals surface area contributed by atoms with Crippen LogP contribution >= 0.6 is 0 Å². The van der Waals surface area contributed by atoms with Gasteiger partial charge in [-0.15, -0.1) is 4.40 Å². The third-order valence-corrected chi connectivity index (χ3v) is 5.74. The molecule has 0 saturated carbocycles. The normalized spacial score (nSPS) is 20.2. The summed E-state index contributed by atoms with van der Waals surface area (Å²) in [7, 11) is -3.84. The fourth-order valence-corrected chi connectivity index (χ4v) is 4.37. The fraction of sp³-hybridized carbons (Fsp3) is 0.333. The van der Waals surface area contributed by atoms with Gasteiger partial charge in [0.1, 0.15) is 12.1 Å². The van der Waals surface area contributed by atoms with Crippen molar-refractivity contribution in [1.29, 1.82) is 0 Å². The zero-order valence-electron chi connectivity index (χ0n) is 15.5. The second kappa shape index (κ2) is 7.66. The topological polar surface area (TPSA) is 140 Å². The highest BCUT2D eigenvalue weighted by Gasteiger charge is 2.27. The summed E-state index contributed by atoms with van der Waals surface area (Å²) in [6.07, 6.45) is 6.19. The molecule has 0 spiro atoms. The molecule has 1 aromatic heterocycles. The quantitative estimate of drug-likeness (QED) is 0.750. The molecule has 1 fully saturated rings. The van der Waals surface area contributed by atoms with Gasteiger partial charge in [0.05, 0.1) is 23.4 Å². The Labute approximate surface area is 168 Å². The van der Waals surface area contributed by atoms with Gasteiger partial charge in [-0.25, -0.2) is 9.97 Å². The van der Waals surface area contributed by atoms with E-state index >= 15 is 0 Å². The van der Waals surface area contributed by atoms with Crippen molar-refractivity contribution in [1.82, 2.24) is 14.9 Å². The number of fused-ring (bicyclic) bond motifs is 1. The number of nitrogens with zero attached hydrogens (tertiary/aromatic N) is 4. The second-order valence-electron chi connectivity index (χ2n) is 6.93. The van der Waals surface area contributed by atoms with E-state index in [0.717, 1.165) is 12.8 Å². The Balaban J connectivity index is 1.44. The van der Waals surface area contributed by atoms with Crippen molar-refractivity contribution < 1.29 is 17.9 Å². The third-order valence-electron chi connectivity index (χ3n) is 4.83. The molecule has 1 saturated heterocycles. The van der Waals surface area contributed by atoms with E-state index < -0.39 is 10.2 Å². The van der Waals surface area contributed by atoms with Gasteiger partial charge in [0.15, 0.2) is 5.84 Å². The van der Waals surface area contributed by atoms with E-state index in [2.05, 4.69) is 19.1 Å². The number of ether oxygens (including phenoxy) is 1. The van der Waals surface area contributed by atoms with E-state index in [1.54, 1.807) is 23.1 Å². The molecule has 29 heavy (non-hydrogen) atoms. The Morgan fingerprint density at radius 1 is 1.31 bits per heavy atom. The van der Waals surface area contributed by atoms with Gasteiger partial charge in [-0.2, -0.15) is 8.42 Å². The summed E-state index contributed by atoms with van der Waals surface area (Å²) in [6.45, 7) is 1.59. The number of nitrogens with two attached hydrogens (primary N) is 1. The first kappa shape index (κ1) is 19.1. The van der Waals surface area contributed by atoms with E-state index in [0.29, 0.717) is 42.3 Å². The Morgan fingerprint density at radius 3 is 2.90 bits per heavy atom. The summed E-state index contributed by atoms with van der Waals surface area (Å²) >= 11 is 0. The smallest absolute Gasteiger partial charge is 0.344 e. The molecule has 11 heteroatoms. The van der Waals surface area contributed by atoms with Crippen molar-refractivity contribution in [2.24, 2.45) is 16.0 Å². The molecule has 0 unspecified atom stereocenters. The molecule has 3 heterocycles. The number of anilines is 1. The van der Waals surface area contributed by atoms with E-state index in [1.165, 1.54) is 18.7 Å². The number of amidine groups is 1. The molecular weight excluding hydrogens is 396 g/mol. The summed E-state index contributed by atoms with van der Waals surface area (Å²) in [5, 5.41) is 0. The van der Waals surface area contributed by atoms with Crippen LogP contribution in [0.1, 0.15) is 28.8 Å². The molecule has 4 rings (SSSR count). The average molecular weight is 416 g/mol. The van der Waals surface area contributed by atoms with Crippen molar-refractivity contribution >= 4 is 27.6 Å². The van der Waals surface area contributed by atoms with Gasteiger partial charge in [0, 0.05) is 31.4 Å². The van der Waals surface area contributed by atoms with Crippen molar-refractivity contribution in [3.05, 3.63) is 48.0 Å². The van der Waals surface area contributed by atoms with Gasteiger partial charge in [-0.1, -0.05) is 6.07 Å². The van der Waals surface area contributed by atoms with Crippen molar-refractivity contribution in [2.45, 2.75) is 12.8 Å². The maximum atomic E-state index is 12.6. The summed E-state index contributed by atoms with van der Waals surface area (Å²) in [6, 6.07) is 5.00. The largest absolute Gasteiger partial charge is 0.492 e. The fourth-order valence-electron chi connectivity index (χ4n) is 3.52. The predicted molar refractivity (Wildman–Crippen MR) is 106 cm³/mol. The van der Waals surface area contributed by atoms with Crippen LogP contribution in [0.5, 0.6) is 5.75 Å². The van der Waals surface area contributed by atoms with Crippen LogP contribution in [-0.4, -0.2) is 54.7 Å². The number of hydrogen-bond acceptors (Lipinski definition) is 7. The van der Waals surface area contributed by atoms with Crippen LogP contribution in [0.2, 0.25) is 0 Å².